The number of aryl methyl sites for hydroxylation is 1. The number of piperidine rings is 1. The van der Waals surface area contributed by atoms with E-state index in [1.165, 1.54) is 4.90 Å². The van der Waals surface area contributed by atoms with Crippen LogP contribution in [0, 0.1) is 0 Å². The Morgan fingerprint density at radius 1 is 1.42 bits per heavy atom. The van der Waals surface area contributed by atoms with Crippen molar-refractivity contribution < 1.29 is 9.90 Å². The van der Waals surface area contributed by atoms with Crippen LogP contribution in [0.1, 0.15) is 31.5 Å². The molecule has 136 valence electrons. The summed E-state index contributed by atoms with van der Waals surface area (Å²) in [5.74, 6) is 1.37. The lowest BCUT2D eigenvalue weighted by atomic mass is 9.97. The molecule has 0 aliphatic carbocycles. The smallest absolute Gasteiger partial charge is 0.407 e. The SMILES string of the molecule is CCn1c(C2CCCN(C(=O)O)C2)nc2c(N)nc3cc(Br)ccc3c21. The third-order valence-electron chi connectivity index (χ3n) is 5.07. The predicted molar refractivity (Wildman–Crippen MR) is 104 cm³/mol. The highest BCUT2D eigenvalue weighted by molar-refractivity contribution is 9.10. The number of nitrogens with two attached hydrogens (primary N) is 1. The van der Waals surface area contributed by atoms with Gasteiger partial charge >= 0.3 is 6.09 Å². The molecule has 1 atom stereocenters. The minimum atomic E-state index is -0.870. The normalized spacial score (nSPS) is 17.9. The van der Waals surface area contributed by atoms with Crippen LogP contribution in [0.15, 0.2) is 22.7 Å². The Morgan fingerprint density at radius 3 is 2.96 bits per heavy atom. The molecule has 1 saturated heterocycles. The maximum absolute atomic E-state index is 11.4. The fourth-order valence-electron chi connectivity index (χ4n) is 3.90. The average Bonchev–Trinajstić information content (AvgIpc) is 3.02. The molecule has 1 aromatic carbocycles. The second-order valence-electron chi connectivity index (χ2n) is 6.64. The summed E-state index contributed by atoms with van der Waals surface area (Å²) in [5.41, 5.74) is 8.70. The molecule has 7 nitrogen and oxygen atoms in total. The molecule has 8 heteroatoms. The Balaban J connectivity index is 1.92. The Hall–Kier alpha value is -2.35. The van der Waals surface area contributed by atoms with Crippen molar-refractivity contribution in [3.05, 3.63) is 28.5 Å². The summed E-state index contributed by atoms with van der Waals surface area (Å²) in [5, 5.41) is 10.3. The molecule has 0 spiro atoms. The zero-order valence-electron chi connectivity index (χ0n) is 14.4. The molecule has 3 aromatic rings. The Morgan fingerprint density at radius 2 is 2.23 bits per heavy atom. The third-order valence-corrected chi connectivity index (χ3v) is 5.56. The number of carboxylic acid groups (broad SMARTS) is 1. The molecule has 1 fully saturated rings. The van der Waals surface area contributed by atoms with E-state index in [-0.39, 0.29) is 5.92 Å². The highest BCUT2D eigenvalue weighted by Crippen LogP contribution is 2.34. The number of nitrogen functional groups attached to an aromatic ring is 1. The summed E-state index contributed by atoms with van der Waals surface area (Å²) >= 11 is 3.48. The molecule has 1 aliphatic heterocycles. The van der Waals surface area contributed by atoms with E-state index in [1.807, 2.05) is 18.2 Å². The molecular weight excluding hydrogens is 398 g/mol. The number of fused-ring (bicyclic) bond motifs is 3. The van der Waals surface area contributed by atoms with Gasteiger partial charge in [0.25, 0.3) is 0 Å². The van der Waals surface area contributed by atoms with Gasteiger partial charge in [0, 0.05) is 35.4 Å². The first kappa shape index (κ1) is 17.1. The van der Waals surface area contributed by atoms with Crippen LogP contribution in [0.2, 0.25) is 0 Å². The van der Waals surface area contributed by atoms with Gasteiger partial charge in [-0.25, -0.2) is 14.8 Å². The second-order valence-corrected chi connectivity index (χ2v) is 7.55. The van der Waals surface area contributed by atoms with E-state index in [9.17, 15) is 9.90 Å². The predicted octanol–water partition coefficient (Wildman–Crippen LogP) is 3.81. The van der Waals surface area contributed by atoms with Gasteiger partial charge in [-0.1, -0.05) is 15.9 Å². The quantitative estimate of drug-likeness (QED) is 0.660. The maximum Gasteiger partial charge on any atom is 0.407 e. The zero-order chi connectivity index (χ0) is 18.4. The standard InChI is InChI=1S/C18H20BrN5O2/c1-2-24-15-12-6-5-11(19)8-13(12)21-16(20)14(15)22-17(24)10-4-3-7-23(9-10)18(25)26/h5-6,8,10H,2-4,7,9H2,1H3,(H2,20,21)(H,25,26). The Labute approximate surface area is 158 Å². The van der Waals surface area contributed by atoms with Crippen molar-refractivity contribution in [2.45, 2.75) is 32.2 Å². The summed E-state index contributed by atoms with van der Waals surface area (Å²) in [6.07, 6.45) is 0.889. The lowest BCUT2D eigenvalue weighted by molar-refractivity contribution is 0.129. The van der Waals surface area contributed by atoms with Crippen molar-refractivity contribution in [2.75, 3.05) is 18.8 Å². The number of amides is 1. The summed E-state index contributed by atoms with van der Waals surface area (Å²) in [6, 6.07) is 5.96. The van der Waals surface area contributed by atoms with E-state index in [0.29, 0.717) is 24.4 Å². The lowest BCUT2D eigenvalue weighted by Crippen LogP contribution is -2.38. The van der Waals surface area contributed by atoms with Crippen molar-refractivity contribution in [1.29, 1.82) is 0 Å². The number of pyridine rings is 1. The van der Waals surface area contributed by atoms with Crippen LogP contribution in [0.25, 0.3) is 21.9 Å². The van der Waals surface area contributed by atoms with Gasteiger partial charge in [0.15, 0.2) is 5.82 Å². The number of rotatable bonds is 2. The number of halogens is 1. The van der Waals surface area contributed by atoms with Gasteiger partial charge in [0.1, 0.15) is 11.3 Å². The zero-order valence-corrected chi connectivity index (χ0v) is 16.0. The molecule has 2 aromatic heterocycles. The van der Waals surface area contributed by atoms with E-state index in [2.05, 4.69) is 32.4 Å². The first-order valence-corrected chi connectivity index (χ1v) is 9.51. The highest BCUT2D eigenvalue weighted by atomic mass is 79.9. The molecule has 1 aliphatic rings. The van der Waals surface area contributed by atoms with Gasteiger partial charge in [-0.05, 0) is 38.0 Å². The molecule has 0 saturated carbocycles. The van der Waals surface area contributed by atoms with Gasteiger partial charge < -0.3 is 20.3 Å². The first-order chi connectivity index (χ1) is 12.5. The van der Waals surface area contributed by atoms with Crippen LogP contribution in [0.3, 0.4) is 0 Å². The molecular formula is C18H20BrN5O2. The van der Waals surface area contributed by atoms with Crippen molar-refractivity contribution >= 4 is 49.8 Å². The molecule has 0 radical (unpaired) electrons. The van der Waals surface area contributed by atoms with E-state index < -0.39 is 6.09 Å². The summed E-state index contributed by atoms with van der Waals surface area (Å²) in [6.45, 7) is 3.86. The van der Waals surface area contributed by atoms with Crippen LogP contribution >= 0.6 is 15.9 Å². The van der Waals surface area contributed by atoms with Crippen LogP contribution in [-0.4, -0.2) is 43.7 Å². The van der Waals surface area contributed by atoms with E-state index in [1.54, 1.807) is 0 Å². The van der Waals surface area contributed by atoms with Crippen molar-refractivity contribution in [3.63, 3.8) is 0 Å². The van der Waals surface area contributed by atoms with Gasteiger partial charge in [-0.2, -0.15) is 0 Å². The highest BCUT2D eigenvalue weighted by Gasteiger charge is 2.29. The minimum absolute atomic E-state index is 0.0668. The molecule has 1 unspecified atom stereocenters. The van der Waals surface area contributed by atoms with Crippen LogP contribution in [-0.2, 0) is 6.54 Å². The summed E-state index contributed by atoms with van der Waals surface area (Å²) in [4.78, 5) is 22.2. The maximum atomic E-state index is 11.4. The number of likely N-dealkylation sites (tertiary alicyclic amines) is 1. The van der Waals surface area contributed by atoms with Crippen LogP contribution < -0.4 is 5.73 Å². The average molecular weight is 418 g/mol. The van der Waals surface area contributed by atoms with Crippen LogP contribution in [0.5, 0.6) is 0 Å². The fraction of sp³-hybridized carbons (Fsp3) is 0.389. The number of hydrogen-bond donors (Lipinski definition) is 2. The second kappa shape index (κ2) is 6.42. The molecule has 4 rings (SSSR count). The van der Waals surface area contributed by atoms with Gasteiger partial charge in [-0.15, -0.1) is 0 Å². The number of imidazole rings is 1. The lowest BCUT2D eigenvalue weighted by Gasteiger charge is -2.30. The minimum Gasteiger partial charge on any atom is -0.465 e. The molecule has 0 bridgehead atoms. The van der Waals surface area contributed by atoms with Crippen molar-refractivity contribution in [1.82, 2.24) is 19.4 Å². The fourth-order valence-corrected chi connectivity index (χ4v) is 4.24. The van der Waals surface area contributed by atoms with E-state index in [4.69, 9.17) is 10.7 Å². The van der Waals surface area contributed by atoms with Gasteiger partial charge in [0.2, 0.25) is 0 Å². The van der Waals surface area contributed by atoms with Crippen LogP contribution in [0.4, 0.5) is 10.6 Å². The number of nitrogens with zero attached hydrogens (tertiary/aromatic N) is 4. The summed E-state index contributed by atoms with van der Waals surface area (Å²) in [7, 11) is 0. The largest absolute Gasteiger partial charge is 0.465 e. The summed E-state index contributed by atoms with van der Waals surface area (Å²) < 4.78 is 3.11. The number of anilines is 1. The molecule has 1 amide bonds. The molecule has 26 heavy (non-hydrogen) atoms. The van der Waals surface area contributed by atoms with Gasteiger partial charge in [0.05, 0.1) is 11.0 Å². The number of hydrogen-bond acceptors (Lipinski definition) is 4. The molecule has 3 N–H and O–H groups in total. The molecule has 3 heterocycles. The Bertz CT molecular complexity index is 1020. The van der Waals surface area contributed by atoms with Crippen molar-refractivity contribution in [3.8, 4) is 0 Å². The first-order valence-electron chi connectivity index (χ1n) is 8.72. The van der Waals surface area contributed by atoms with E-state index >= 15 is 0 Å². The van der Waals surface area contributed by atoms with E-state index in [0.717, 1.165) is 46.1 Å². The topological polar surface area (TPSA) is 97.3 Å². The third kappa shape index (κ3) is 2.68. The monoisotopic (exact) mass is 417 g/mol. The number of carbonyl (C=O) groups is 1. The van der Waals surface area contributed by atoms with Gasteiger partial charge in [-0.3, -0.25) is 0 Å². The Kier molecular flexibility index (Phi) is 4.22. The van der Waals surface area contributed by atoms with Crippen molar-refractivity contribution in [2.24, 2.45) is 0 Å². The number of benzene rings is 1. The number of aromatic nitrogens is 3.